The van der Waals surface area contributed by atoms with Gasteiger partial charge in [-0.25, -0.2) is 0 Å². The summed E-state index contributed by atoms with van der Waals surface area (Å²) in [5.41, 5.74) is 4.17. The smallest absolute Gasteiger partial charge is 0.256 e. The molecule has 0 bridgehead atoms. The van der Waals surface area contributed by atoms with Crippen LogP contribution in [0.15, 0.2) is 59.3 Å². The molecule has 2 aromatic carbocycles. The summed E-state index contributed by atoms with van der Waals surface area (Å²) in [5.74, 6) is 0.856. The first-order valence-corrected chi connectivity index (χ1v) is 10.3. The minimum Gasteiger partial charge on any atom is -0.418 e. The summed E-state index contributed by atoms with van der Waals surface area (Å²) in [4.78, 5) is 16.9. The van der Waals surface area contributed by atoms with Gasteiger partial charge >= 0.3 is 0 Å². The largest absolute Gasteiger partial charge is 0.418 e. The fourth-order valence-electron chi connectivity index (χ4n) is 4.05. The van der Waals surface area contributed by atoms with E-state index in [1.807, 2.05) is 61.2 Å². The average Bonchev–Trinajstić information content (AvgIpc) is 3.54. The number of nitrogens with zero attached hydrogens (tertiary/aromatic N) is 6. The minimum absolute atomic E-state index is 0.0888. The Balaban J connectivity index is 1.48. The van der Waals surface area contributed by atoms with Crippen LogP contribution in [-0.4, -0.2) is 42.5 Å². The van der Waals surface area contributed by atoms with Crippen LogP contribution in [0, 0.1) is 13.8 Å². The van der Waals surface area contributed by atoms with Gasteiger partial charge in [0.25, 0.3) is 5.91 Å². The maximum Gasteiger partial charge on any atom is 0.256 e. The van der Waals surface area contributed by atoms with Crippen molar-refractivity contribution in [2.75, 3.05) is 6.54 Å². The Bertz CT molecular complexity index is 1230. The molecule has 0 spiro atoms. The summed E-state index contributed by atoms with van der Waals surface area (Å²) in [7, 11) is 0. The van der Waals surface area contributed by atoms with E-state index in [0.29, 0.717) is 29.6 Å². The monoisotopic (exact) mass is 414 g/mol. The zero-order valence-electron chi connectivity index (χ0n) is 17.4. The summed E-state index contributed by atoms with van der Waals surface area (Å²) in [6, 6.07) is 13.3. The van der Waals surface area contributed by atoms with Gasteiger partial charge in [-0.3, -0.25) is 4.79 Å². The van der Waals surface area contributed by atoms with Crippen LogP contribution in [-0.2, 0) is 0 Å². The fraction of sp³-hybridized carbons (Fsp3) is 0.261. The van der Waals surface area contributed by atoms with Crippen molar-refractivity contribution in [3.05, 3.63) is 77.4 Å². The molecule has 0 aliphatic carbocycles. The second-order valence-corrected chi connectivity index (χ2v) is 7.76. The second-order valence-electron chi connectivity index (χ2n) is 7.76. The molecule has 1 amide bonds. The van der Waals surface area contributed by atoms with Crippen LogP contribution in [0.4, 0.5) is 0 Å². The molecule has 0 saturated carbocycles. The van der Waals surface area contributed by atoms with Gasteiger partial charge in [0.2, 0.25) is 11.8 Å². The summed E-state index contributed by atoms with van der Waals surface area (Å²) >= 11 is 0. The van der Waals surface area contributed by atoms with Crippen molar-refractivity contribution in [2.45, 2.75) is 32.7 Å². The Morgan fingerprint density at radius 3 is 2.68 bits per heavy atom. The lowest BCUT2D eigenvalue weighted by Crippen LogP contribution is -2.31. The van der Waals surface area contributed by atoms with Gasteiger partial charge in [-0.1, -0.05) is 29.8 Å². The van der Waals surface area contributed by atoms with Crippen LogP contribution in [0.5, 0.6) is 0 Å². The molecular weight excluding hydrogens is 392 g/mol. The molecule has 31 heavy (non-hydrogen) atoms. The van der Waals surface area contributed by atoms with Gasteiger partial charge in [-0.2, -0.15) is 15.0 Å². The zero-order valence-corrected chi connectivity index (χ0v) is 17.4. The summed E-state index contributed by atoms with van der Waals surface area (Å²) < 4.78 is 6.03. The van der Waals surface area contributed by atoms with Crippen LogP contribution < -0.4 is 0 Å². The lowest BCUT2D eigenvalue weighted by Gasteiger charge is -2.23. The van der Waals surface area contributed by atoms with Crippen molar-refractivity contribution < 1.29 is 9.21 Å². The van der Waals surface area contributed by atoms with Crippen molar-refractivity contribution in [1.82, 2.24) is 30.1 Å². The van der Waals surface area contributed by atoms with E-state index in [4.69, 9.17) is 4.42 Å². The van der Waals surface area contributed by atoms with Crippen molar-refractivity contribution in [3.63, 3.8) is 0 Å². The highest BCUT2D eigenvalue weighted by Crippen LogP contribution is 2.35. The average molecular weight is 414 g/mol. The van der Waals surface area contributed by atoms with Gasteiger partial charge in [0, 0.05) is 12.1 Å². The Morgan fingerprint density at radius 2 is 1.87 bits per heavy atom. The predicted molar refractivity (Wildman–Crippen MR) is 114 cm³/mol. The van der Waals surface area contributed by atoms with Gasteiger partial charge in [0.05, 0.1) is 23.6 Å². The summed E-state index contributed by atoms with van der Waals surface area (Å²) in [6.45, 7) is 4.60. The van der Waals surface area contributed by atoms with Crippen LogP contribution in [0.1, 0.15) is 46.3 Å². The zero-order chi connectivity index (χ0) is 21.4. The van der Waals surface area contributed by atoms with Crippen molar-refractivity contribution in [2.24, 2.45) is 0 Å². The molecule has 0 N–H and O–H groups in total. The number of aryl methyl sites for hydroxylation is 2. The maximum atomic E-state index is 13.6. The molecule has 5 rings (SSSR count). The van der Waals surface area contributed by atoms with E-state index in [0.717, 1.165) is 29.5 Å². The first-order chi connectivity index (χ1) is 15.1. The second kappa shape index (κ2) is 7.79. The molecule has 0 radical (unpaired) electrons. The van der Waals surface area contributed by atoms with Crippen molar-refractivity contribution in [3.8, 4) is 17.1 Å². The van der Waals surface area contributed by atoms with Gasteiger partial charge < -0.3 is 9.32 Å². The highest BCUT2D eigenvalue weighted by Gasteiger charge is 2.35. The third kappa shape index (κ3) is 3.50. The van der Waals surface area contributed by atoms with Gasteiger partial charge in [0.15, 0.2) is 0 Å². The Hall–Kier alpha value is -3.81. The lowest BCUT2D eigenvalue weighted by molar-refractivity contribution is 0.0715. The van der Waals surface area contributed by atoms with E-state index in [-0.39, 0.29) is 11.9 Å². The first-order valence-electron chi connectivity index (χ1n) is 10.3. The molecule has 3 heterocycles. The standard InChI is InChI=1S/C23H22N6O2/c1-15-9-10-19(29-24-11-12-25-29)18(14-15)23(30)28-13-5-8-20(28)22-27-26-21(31-22)17-7-4-3-6-16(17)2/h3-4,6-7,9-12,14,20H,5,8,13H2,1-2H3. The third-order valence-corrected chi connectivity index (χ3v) is 5.63. The van der Waals surface area contributed by atoms with Crippen LogP contribution >= 0.6 is 0 Å². The number of hydrogen-bond donors (Lipinski definition) is 0. The molecule has 1 unspecified atom stereocenters. The number of benzene rings is 2. The van der Waals surface area contributed by atoms with E-state index in [2.05, 4.69) is 20.4 Å². The van der Waals surface area contributed by atoms with Crippen LogP contribution in [0.3, 0.4) is 0 Å². The number of hydrogen-bond acceptors (Lipinski definition) is 6. The number of amides is 1. The number of carbonyl (C=O) groups excluding carboxylic acids is 1. The number of carbonyl (C=O) groups is 1. The molecule has 1 atom stereocenters. The number of aromatic nitrogens is 5. The van der Waals surface area contributed by atoms with Crippen molar-refractivity contribution >= 4 is 5.91 Å². The van der Waals surface area contributed by atoms with Gasteiger partial charge in [0.1, 0.15) is 6.04 Å². The molecule has 8 heteroatoms. The highest BCUT2D eigenvalue weighted by molar-refractivity contribution is 5.98. The van der Waals surface area contributed by atoms with E-state index in [9.17, 15) is 4.79 Å². The molecule has 1 aliphatic heterocycles. The highest BCUT2D eigenvalue weighted by atomic mass is 16.4. The Morgan fingerprint density at radius 1 is 1.06 bits per heavy atom. The van der Waals surface area contributed by atoms with E-state index in [1.54, 1.807) is 12.4 Å². The van der Waals surface area contributed by atoms with Crippen LogP contribution in [0.2, 0.25) is 0 Å². The van der Waals surface area contributed by atoms with Crippen LogP contribution in [0.25, 0.3) is 17.1 Å². The predicted octanol–water partition coefficient (Wildman–Crippen LogP) is 3.91. The normalized spacial score (nSPS) is 16.1. The summed E-state index contributed by atoms with van der Waals surface area (Å²) in [6.07, 6.45) is 4.85. The van der Waals surface area contributed by atoms with Gasteiger partial charge in [-0.05, 0) is 50.5 Å². The first kappa shape index (κ1) is 19.2. The Kier molecular flexibility index (Phi) is 4.82. The molecule has 1 saturated heterocycles. The van der Waals surface area contributed by atoms with E-state index >= 15 is 0 Å². The SMILES string of the molecule is Cc1ccc(-n2nccn2)c(C(=O)N2CCCC2c2nnc(-c3ccccc3C)o2)c1. The lowest BCUT2D eigenvalue weighted by atomic mass is 10.1. The number of likely N-dealkylation sites (tertiary alicyclic amines) is 1. The van der Waals surface area contributed by atoms with E-state index in [1.165, 1.54) is 4.80 Å². The molecule has 8 nitrogen and oxygen atoms in total. The molecule has 2 aromatic heterocycles. The minimum atomic E-state index is -0.253. The molecule has 4 aromatic rings. The third-order valence-electron chi connectivity index (χ3n) is 5.63. The van der Waals surface area contributed by atoms with E-state index < -0.39 is 0 Å². The quantitative estimate of drug-likeness (QED) is 0.503. The Labute approximate surface area is 179 Å². The molecule has 1 fully saturated rings. The van der Waals surface area contributed by atoms with Gasteiger partial charge in [-0.15, -0.1) is 10.2 Å². The topological polar surface area (TPSA) is 89.9 Å². The summed E-state index contributed by atoms with van der Waals surface area (Å²) in [5, 5.41) is 16.9. The van der Waals surface area contributed by atoms with Crippen molar-refractivity contribution in [1.29, 1.82) is 0 Å². The molecule has 156 valence electrons. The molecule has 1 aliphatic rings. The maximum absolute atomic E-state index is 13.6. The number of rotatable bonds is 4. The molecular formula is C23H22N6O2. The fourth-order valence-corrected chi connectivity index (χ4v) is 4.05.